The topological polar surface area (TPSA) is 15.3 Å². The molecule has 1 heterocycles. The highest BCUT2D eigenvalue weighted by Crippen LogP contribution is 2.29. The van der Waals surface area contributed by atoms with Gasteiger partial charge in [-0.05, 0) is 51.0 Å². The van der Waals surface area contributed by atoms with Gasteiger partial charge in [0.15, 0.2) is 0 Å². The summed E-state index contributed by atoms with van der Waals surface area (Å²) in [5.74, 6) is 0.653. The van der Waals surface area contributed by atoms with Crippen LogP contribution >= 0.6 is 11.8 Å². The van der Waals surface area contributed by atoms with Gasteiger partial charge in [-0.2, -0.15) is 13.2 Å². The van der Waals surface area contributed by atoms with Crippen LogP contribution in [0.2, 0.25) is 0 Å². The number of nitrogens with one attached hydrogen (secondary N) is 1. The minimum absolute atomic E-state index is 0.0498. The zero-order chi connectivity index (χ0) is 12.9. The van der Waals surface area contributed by atoms with Gasteiger partial charge in [-0.15, -0.1) is 0 Å². The number of alkyl halides is 3. The van der Waals surface area contributed by atoms with E-state index in [9.17, 15) is 13.2 Å². The number of hydrogen-bond acceptors (Lipinski definition) is 3. The minimum Gasteiger partial charge on any atom is -0.313 e. The Balaban J connectivity index is 2.14. The van der Waals surface area contributed by atoms with Gasteiger partial charge in [0, 0.05) is 24.9 Å². The molecule has 0 aliphatic carbocycles. The normalized spacial score (nSPS) is 24.9. The van der Waals surface area contributed by atoms with Gasteiger partial charge >= 0.3 is 5.51 Å². The summed E-state index contributed by atoms with van der Waals surface area (Å²) in [4.78, 5) is 2.29. The number of thioether (sulfide) groups is 1. The lowest BCUT2D eigenvalue weighted by Crippen LogP contribution is -2.43. The Morgan fingerprint density at radius 2 is 2.18 bits per heavy atom. The van der Waals surface area contributed by atoms with E-state index in [1.165, 1.54) is 12.8 Å². The van der Waals surface area contributed by atoms with Crippen LogP contribution in [0.5, 0.6) is 0 Å². The van der Waals surface area contributed by atoms with E-state index in [0.717, 1.165) is 13.1 Å². The third-order valence-electron chi connectivity index (χ3n) is 3.20. The summed E-state index contributed by atoms with van der Waals surface area (Å²) < 4.78 is 35.7. The van der Waals surface area contributed by atoms with Gasteiger partial charge < -0.3 is 10.2 Å². The molecule has 1 N–H and O–H groups in total. The first-order chi connectivity index (χ1) is 7.88. The molecule has 2 atom stereocenters. The average Bonchev–Trinajstić information content (AvgIpc) is 2.23. The molecule has 17 heavy (non-hydrogen) atoms. The molecule has 1 rings (SSSR count). The lowest BCUT2D eigenvalue weighted by Gasteiger charge is -2.34. The van der Waals surface area contributed by atoms with Crippen molar-refractivity contribution in [2.75, 3.05) is 32.4 Å². The van der Waals surface area contributed by atoms with Crippen LogP contribution in [0.3, 0.4) is 0 Å². The molecular formula is C11H21F3N2S. The van der Waals surface area contributed by atoms with Gasteiger partial charge in [-0.25, -0.2) is 0 Å². The van der Waals surface area contributed by atoms with E-state index in [-0.39, 0.29) is 17.5 Å². The van der Waals surface area contributed by atoms with E-state index in [1.807, 2.05) is 0 Å². The van der Waals surface area contributed by atoms with E-state index in [1.54, 1.807) is 0 Å². The van der Waals surface area contributed by atoms with Crippen molar-refractivity contribution in [3.05, 3.63) is 0 Å². The van der Waals surface area contributed by atoms with Crippen LogP contribution in [0.1, 0.15) is 19.8 Å². The number of halogens is 3. The van der Waals surface area contributed by atoms with Gasteiger partial charge in [-0.3, -0.25) is 0 Å². The Morgan fingerprint density at radius 3 is 2.76 bits per heavy atom. The molecule has 0 aromatic heterocycles. The number of rotatable bonds is 5. The summed E-state index contributed by atoms with van der Waals surface area (Å²) in [7, 11) is 2.10. The molecule has 102 valence electrons. The number of nitrogens with zero attached hydrogens (tertiary/aromatic N) is 1. The van der Waals surface area contributed by atoms with Crippen LogP contribution in [-0.4, -0.2) is 48.9 Å². The van der Waals surface area contributed by atoms with Crippen LogP contribution in [0.25, 0.3) is 0 Å². The predicted molar refractivity (Wildman–Crippen MR) is 66.2 cm³/mol. The summed E-state index contributed by atoms with van der Waals surface area (Å²) in [6.07, 6.45) is 2.36. The first kappa shape index (κ1) is 15.1. The second-order valence-corrected chi connectivity index (χ2v) is 5.86. The summed E-state index contributed by atoms with van der Waals surface area (Å²) in [6.45, 7) is 4.67. The first-order valence-corrected chi connectivity index (χ1v) is 6.99. The summed E-state index contributed by atoms with van der Waals surface area (Å²) in [5.41, 5.74) is -4.10. The number of likely N-dealkylation sites (tertiary alicyclic amines) is 1. The molecule has 0 amide bonds. The van der Waals surface area contributed by atoms with Crippen LogP contribution in [0, 0.1) is 5.92 Å². The van der Waals surface area contributed by atoms with Gasteiger partial charge in [-0.1, -0.05) is 0 Å². The van der Waals surface area contributed by atoms with Crippen LogP contribution < -0.4 is 5.32 Å². The summed E-state index contributed by atoms with van der Waals surface area (Å²) >= 11 is 0.0498. The Morgan fingerprint density at radius 1 is 1.47 bits per heavy atom. The number of piperidine rings is 1. The van der Waals surface area contributed by atoms with Gasteiger partial charge in [0.2, 0.25) is 0 Å². The van der Waals surface area contributed by atoms with Crippen molar-refractivity contribution in [1.82, 2.24) is 10.2 Å². The number of hydrogen-bond donors (Lipinski definition) is 1. The zero-order valence-corrected chi connectivity index (χ0v) is 11.2. The smallest absolute Gasteiger partial charge is 0.313 e. The molecule has 0 bridgehead atoms. The second-order valence-electron chi connectivity index (χ2n) is 4.70. The van der Waals surface area contributed by atoms with E-state index in [2.05, 4.69) is 24.2 Å². The summed E-state index contributed by atoms with van der Waals surface area (Å²) in [6, 6.07) is 0.298. The largest absolute Gasteiger partial charge is 0.441 e. The fourth-order valence-corrected chi connectivity index (χ4v) is 2.69. The van der Waals surface area contributed by atoms with E-state index in [0.29, 0.717) is 18.5 Å². The highest BCUT2D eigenvalue weighted by Gasteiger charge is 2.28. The summed E-state index contributed by atoms with van der Waals surface area (Å²) in [5, 5.41) is 3.20. The van der Waals surface area contributed by atoms with Crippen molar-refractivity contribution in [2.45, 2.75) is 31.3 Å². The van der Waals surface area contributed by atoms with Crippen molar-refractivity contribution in [1.29, 1.82) is 0 Å². The van der Waals surface area contributed by atoms with Crippen molar-refractivity contribution >= 4 is 11.8 Å². The van der Waals surface area contributed by atoms with Gasteiger partial charge in [0.1, 0.15) is 0 Å². The Labute approximate surface area is 105 Å². The third kappa shape index (κ3) is 6.52. The van der Waals surface area contributed by atoms with E-state index in [4.69, 9.17) is 0 Å². The first-order valence-electron chi connectivity index (χ1n) is 6.01. The van der Waals surface area contributed by atoms with Crippen molar-refractivity contribution in [2.24, 2.45) is 5.92 Å². The quantitative estimate of drug-likeness (QED) is 0.773. The zero-order valence-electron chi connectivity index (χ0n) is 10.4. The van der Waals surface area contributed by atoms with Gasteiger partial charge in [0.25, 0.3) is 0 Å². The minimum atomic E-state index is -4.10. The standard InChI is InChI=1S/C11H21F3N2S/c1-9(10-4-3-6-16(2)8-10)15-5-7-17-11(12,13)14/h9-10,15H,3-8H2,1-2H3. The fraction of sp³-hybridized carbons (Fsp3) is 1.00. The SMILES string of the molecule is CC(NCCSC(F)(F)F)C1CCCN(C)C1. The maximum atomic E-state index is 11.9. The Bertz CT molecular complexity index is 223. The average molecular weight is 270 g/mol. The van der Waals surface area contributed by atoms with Crippen molar-refractivity contribution < 1.29 is 13.2 Å². The maximum absolute atomic E-state index is 11.9. The Kier molecular flexibility index (Phi) is 6.09. The van der Waals surface area contributed by atoms with Crippen LogP contribution in [-0.2, 0) is 0 Å². The molecule has 0 saturated carbocycles. The lowest BCUT2D eigenvalue weighted by atomic mass is 9.92. The predicted octanol–water partition coefficient (Wildman–Crippen LogP) is 2.56. The fourth-order valence-electron chi connectivity index (χ4n) is 2.23. The molecule has 0 spiro atoms. The maximum Gasteiger partial charge on any atom is 0.441 e. The molecule has 1 aliphatic rings. The molecule has 1 fully saturated rings. The molecule has 6 heteroatoms. The molecule has 0 aromatic rings. The monoisotopic (exact) mass is 270 g/mol. The van der Waals surface area contributed by atoms with Crippen molar-refractivity contribution in [3.8, 4) is 0 Å². The van der Waals surface area contributed by atoms with Gasteiger partial charge in [0.05, 0.1) is 0 Å². The van der Waals surface area contributed by atoms with Crippen molar-refractivity contribution in [3.63, 3.8) is 0 Å². The molecule has 2 nitrogen and oxygen atoms in total. The van der Waals surface area contributed by atoms with Crippen LogP contribution in [0.4, 0.5) is 13.2 Å². The Hall–Kier alpha value is 0.0600. The highest BCUT2D eigenvalue weighted by atomic mass is 32.2. The lowest BCUT2D eigenvalue weighted by molar-refractivity contribution is -0.0327. The second kappa shape index (κ2) is 6.85. The molecule has 0 aromatic carbocycles. The van der Waals surface area contributed by atoms with Crippen LogP contribution in [0.15, 0.2) is 0 Å². The highest BCUT2D eigenvalue weighted by molar-refractivity contribution is 8.00. The third-order valence-corrected chi connectivity index (χ3v) is 3.94. The van der Waals surface area contributed by atoms with E-state index >= 15 is 0 Å². The molecule has 1 saturated heterocycles. The molecule has 0 radical (unpaired) electrons. The molecule has 1 aliphatic heterocycles. The molecular weight excluding hydrogens is 249 g/mol. The molecule has 2 unspecified atom stereocenters. The van der Waals surface area contributed by atoms with E-state index < -0.39 is 5.51 Å².